The maximum atomic E-state index is 11.9. The number of hydrogen-bond donors (Lipinski definition) is 1. The Hall–Kier alpha value is -3.28. The van der Waals surface area contributed by atoms with Gasteiger partial charge in [0.2, 0.25) is 0 Å². The van der Waals surface area contributed by atoms with Crippen molar-refractivity contribution in [2.75, 3.05) is 26.1 Å². The van der Waals surface area contributed by atoms with Crippen LogP contribution >= 0.6 is 0 Å². The molecule has 27 heavy (non-hydrogen) atoms. The zero-order chi connectivity index (χ0) is 19.8. The second-order valence-electron chi connectivity index (χ2n) is 5.92. The minimum absolute atomic E-state index is 0.359. The highest BCUT2D eigenvalue weighted by Crippen LogP contribution is 2.27. The van der Waals surface area contributed by atoms with Crippen LogP contribution in [0.3, 0.4) is 0 Å². The van der Waals surface area contributed by atoms with Crippen molar-refractivity contribution in [1.82, 2.24) is 0 Å². The second kappa shape index (κ2) is 9.43. The third-order valence-electron chi connectivity index (χ3n) is 3.82. The van der Waals surface area contributed by atoms with E-state index in [4.69, 9.17) is 14.2 Å². The van der Waals surface area contributed by atoms with Crippen molar-refractivity contribution in [3.8, 4) is 11.5 Å². The van der Waals surface area contributed by atoms with Crippen molar-refractivity contribution in [1.29, 1.82) is 0 Å². The van der Waals surface area contributed by atoms with Crippen LogP contribution in [0.1, 0.15) is 16.7 Å². The lowest BCUT2D eigenvalue weighted by molar-refractivity contribution is -0.142. The van der Waals surface area contributed by atoms with E-state index in [9.17, 15) is 9.59 Å². The first-order valence-electron chi connectivity index (χ1n) is 8.37. The number of amides is 1. The Kier molecular flexibility index (Phi) is 7.00. The van der Waals surface area contributed by atoms with Crippen LogP contribution in [-0.2, 0) is 14.3 Å². The number of ether oxygens (including phenoxy) is 3. The van der Waals surface area contributed by atoms with E-state index >= 15 is 0 Å². The summed E-state index contributed by atoms with van der Waals surface area (Å²) in [5, 5.41) is 2.72. The molecule has 2 aromatic rings. The molecule has 6 heteroatoms. The Morgan fingerprint density at radius 3 is 2.41 bits per heavy atom. The molecule has 0 aromatic heterocycles. The van der Waals surface area contributed by atoms with Gasteiger partial charge in [-0.1, -0.05) is 23.8 Å². The van der Waals surface area contributed by atoms with Crippen molar-refractivity contribution < 1.29 is 23.8 Å². The molecule has 0 saturated carbocycles. The van der Waals surface area contributed by atoms with Crippen LogP contribution in [0, 0.1) is 13.8 Å². The molecular formula is C21H23NO5. The first-order valence-corrected chi connectivity index (χ1v) is 8.37. The fraction of sp³-hybridized carbons (Fsp3) is 0.238. The highest BCUT2D eigenvalue weighted by Gasteiger charge is 2.08. The lowest BCUT2D eigenvalue weighted by Gasteiger charge is -2.09. The molecule has 1 N–H and O–H groups in total. The molecule has 0 bridgehead atoms. The van der Waals surface area contributed by atoms with Gasteiger partial charge in [-0.15, -0.1) is 0 Å². The lowest BCUT2D eigenvalue weighted by atomic mass is 10.1. The van der Waals surface area contributed by atoms with Crippen molar-refractivity contribution in [2.45, 2.75) is 13.8 Å². The maximum Gasteiger partial charge on any atom is 0.331 e. The second-order valence-corrected chi connectivity index (χ2v) is 5.92. The highest BCUT2D eigenvalue weighted by molar-refractivity contribution is 5.95. The predicted molar refractivity (Wildman–Crippen MR) is 104 cm³/mol. The zero-order valence-electron chi connectivity index (χ0n) is 15.9. The van der Waals surface area contributed by atoms with E-state index < -0.39 is 11.9 Å². The number of nitrogens with one attached hydrogen (secondary N) is 1. The highest BCUT2D eigenvalue weighted by atomic mass is 16.5. The molecule has 0 aliphatic carbocycles. The Morgan fingerprint density at radius 1 is 1.00 bits per heavy atom. The maximum absolute atomic E-state index is 11.9. The number of esters is 1. The van der Waals surface area contributed by atoms with E-state index in [0.29, 0.717) is 17.2 Å². The molecule has 0 heterocycles. The summed E-state index contributed by atoms with van der Waals surface area (Å²) in [4.78, 5) is 23.8. The van der Waals surface area contributed by atoms with E-state index in [1.54, 1.807) is 31.4 Å². The molecule has 2 aromatic carbocycles. The summed E-state index contributed by atoms with van der Waals surface area (Å²) in [6.45, 7) is 3.52. The molecule has 0 saturated heterocycles. The van der Waals surface area contributed by atoms with Gasteiger partial charge in [-0.3, -0.25) is 4.79 Å². The number of methoxy groups -OCH3 is 2. The molecule has 0 spiro atoms. The molecule has 0 atom stereocenters. The molecule has 2 rings (SSSR count). The van der Waals surface area contributed by atoms with Gasteiger partial charge in [0.25, 0.3) is 5.91 Å². The minimum Gasteiger partial charge on any atom is -0.493 e. The molecule has 1 amide bonds. The Balaban J connectivity index is 1.88. The first-order chi connectivity index (χ1) is 12.9. The Morgan fingerprint density at radius 2 is 1.74 bits per heavy atom. The Bertz CT molecular complexity index is 858. The van der Waals surface area contributed by atoms with Gasteiger partial charge in [0.15, 0.2) is 18.1 Å². The van der Waals surface area contributed by atoms with Gasteiger partial charge in [-0.25, -0.2) is 4.79 Å². The number of benzene rings is 2. The topological polar surface area (TPSA) is 73.9 Å². The minimum atomic E-state index is -0.611. The number of anilines is 1. The van der Waals surface area contributed by atoms with E-state index in [2.05, 4.69) is 5.32 Å². The van der Waals surface area contributed by atoms with Gasteiger partial charge in [-0.2, -0.15) is 0 Å². The van der Waals surface area contributed by atoms with Gasteiger partial charge in [0, 0.05) is 11.8 Å². The predicted octanol–water partition coefficient (Wildman–Crippen LogP) is 3.52. The fourth-order valence-corrected chi connectivity index (χ4v) is 2.45. The normalized spacial score (nSPS) is 10.5. The summed E-state index contributed by atoms with van der Waals surface area (Å²) in [6, 6.07) is 10.9. The largest absolute Gasteiger partial charge is 0.493 e. The van der Waals surface area contributed by atoms with E-state index in [0.717, 1.165) is 16.7 Å². The van der Waals surface area contributed by atoms with Crippen LogP contribution in [0.5, 0.6) is 11.5 Å². The number of hydrogen-bond acceptors (Lipinski definition) is 5. The van der Waals surface area contributed by atoms with Crippen molar-refractivity contribution >= 4 is 23.6 Å². The molecular weight excluding hydrogens is 346 g/mol. The summed E-state index contributed by atoms with van der Waals surface area (Å²) in [5.74, 6) is 0.150. The summed E-state index contributed by atoms with van der Waals surface area (Å²) in [6.07, 6.45) is 2.83. The quantitative estimate of drug-likeness (QED) is 0.597. The van der Waals surface area contributed by atoms with Crippen LogP contribution in [-0.4, -0.2) is 32.7 Å². The molecule has 0 aliphatic rings. The standard InChI is InChI=1S/C21H23NO5/c1-14-5-8-17(15(2)11-14)22-20(23)13-27-21(24)10-7-16-6-9-18(25-3)19(12-16)26-4/h5-12H,13H2,1-4H3,(H,22,23)/b10-7+. The third kappa shape index (κ3) is 5.88. The number of rotatable bonds is 7. The third-order valence-corrected chi connectivity index (χ3v) is 3.82. The molecule has 0 fully saturated rings. The van der Waals surface area contributed by atoms with E-state index in [1.807, 2.05) is 32.0 Å². The molecule has 142 valence electrons. The number of carbonyl (C=O) groups excluding carboxylic acids is 2. The average Bonchev–Trinajstić information content (AvgIpc) is 2.66. The summed E-state index contributed by atoms with van der Waals surface area (Å²) in [7, 11) is 3.09. The molecule has 0 radical (unpaired) electrons. The van der Waals surface area contributed by atoms with Gasteiger partial charge >= 0.3 is 5.97 Å². The monoisotopic (exact) mass is 369 g/mol. The first kappa shape index (κ1) is 20.0. The van der Waals surface area contributed by atoms with Crippen LogP contribution in [0.25, 0.3) is 6.08 Å². The van der Waals surface area contributed by atoms with Gasteiger partial charge in [0.1, 0.15) is 0 Å². The van der Waals surface area contributed by atoms with Gasteiger partial charge in [-0.05, 0) is 49.2 Å². The van der Waals surface area contributed by atoms with Gasteiger partial charge in [0.05, 0.1) is 14.2 Å². The van der Waals surface area contributed by atoms with Crippen LogP contribution in [0.4, 0.5) is 5.69 Å². The summed E-state index contributed by atoms with van der Waals surface area (Å²) in [5.41, 5.74) is 3.49. The number of aryl methyl sites for hydroxylation is 2. The Labute approximate surface area is 158 Å². The molecule has 0 unspecified atom stereocenters. The van der Waals surface area contributed by atoms with Crippen LogP contribution in [0.15, 0.2) is 42.5 Å². The van der Waals surface area contributed by atoms with E-state index in [-0.39, 0.29) is 6.61 Å². The van der Waals surface area contributed by atoms with Crippen molar-refractivity contribution in [2.24, 2.45) is 0 Å². The summed E-state index contributed by atoms with van der Waals surface area (Å²) >= 11 is 0. The molecule has 6 nitrogen and oxygen atoms in total. The van der Waals surface area contributed by atoms with Crippen molar-refractivity contribution in [3.05, 3.63) is 59.2 Å². The smallest absolute Gasteiger partial charge is 0.331 e. The van der Waals surface area contributed by atoms with Crippen LogP contribution < -0.4 is 14.8 Å². The van der Waals surface area contributed by atoms with Crippen molar-refractivity contribution in [3.63, 3.8) is 0 Å². The summed E-state index contributed by atoms with van der Waals surface area (Å²) < 4.78 is 15.3. The SMILES string of the molecule is COc1ccc(/C=C/C(=O)OCC(=O)Nc2ccc(C)cc2C)cc1OC. The van der Waals surface area contributed by atoms with E-state index in [1.165, 1.54) is 13.2 Å². The lowest BCUT2D eigenvalue weighted by Crippen LogP contribution is -2.20. The molecule has 0 aliphatic heterocycles. The zero-order valence-corrected chi connectivity index (χ0v) is 15.9. The van der Waals surface area contributed by atoms with Crippen LogP contribution in [0.2, 0.25) is 0 Å². The number of carbonyl (C=O) groups is 2. The average molecular weight is 369 g/mol. The van der Waals surface area contributed by atoms with Gasteiger partial charge < -0.3 is 19.5 Å². The fourth-order valence-electron chi connectivity index (χ4n) is 2.45.